The maximum Gasteiger partial charge on any atom is 0.248 e. The molecule has 80 valence electrons. The highest BCUT2D eigenvalue weighted by molar-refractivity contribution is 5.80. The van der Waals surface area contributed by atoms with Crippen molar-refractivity contribution in [3.63, 3.8) is 0 Å². The molecule has 1 aliphatic rings. The highest BCUT2D eigenvalue weighted by Gasteiger charge is 2.25. The smallest absolute Gasteiger partial charge is 0.248 e. The van der Waals surface area contributed by atoms with E-state index in [1.54, 1.807) is 11.9 Å². The zero-order valence-electron chi connectivity index (χ0n) is 8.32. The number of hydrogen-bond acceptors (Lipinski definition) is 3. The van der Waals surface area contributed by atoms with E-state index in [4.69, 9.17) is 5.11 Å². The lowest BCUT2D eigenvalue weighted by Crippen LogP contribution is -2.43. The van der Waals surface area contributed by atoms with E-state index < -0.39 is 6.61 Å². The topological polar surface area (TPSA) is 69.6 Å². The quantitative estimate of drug-likeness (QED) is 0.598. The first kappa shape index (κ1) is 11.0. The molecule has 2 N–H and O–H groups in total. The van der Waals surface area contributed by atoms with E-state index >= 15 is 0 Å². The number of rotatable bonds is 2. The predicted octanol–water partition coefficient (Wildman–Crippen LogP) is -1.04. The van der Waals surface area contributed by atoms with Crippen LogP contribution >= 0.6 is 0 Å². The van der Waals surface area contributed by atoms with Gasteiger partial charge < -0.3 is 15.3 Å². The van der Waals surface area contributed by atoms with Gasteiger partial charge in [0.15, 0.2) is 0 Å². The summed E-state index contributed by atoms with van der Waals surface area (Å²) in [5.74, 6) is -0.191. The van der Waals surface area contributed by atoms with Gasteiger partial charge in [0.1, 0.15) is 6.61 Å². The van der Waals surface area contributed by atoms with Crippen molar-refractivity contribution in [3.8, 4) is 0 Å². The molecule has 0 aromatic carbocycles. The molecule has 0 aromatic heterocycles. The van der Waals surface area contributed by atoms with E-state index in [0.717, 1.165) is 0 Å². The van der Waals surface area contributed by atoms with Gasteiger partial charge in [0.05, 0.1) is 0 Å². The maximum absolute atomic E-state index is 11.2. The molecule has 5 nitrogen and oxygen atoms in total. The van der Waals surface area contributed by atoms with Crippen LogP contribution in [-0.4, -0.2) is 48.6 Å². The monoisotopic (exact) mass is 200 g/mol. The second-order valence-corrected chi connectivity index (χ2v) is 3.43. The number of likely N-dealkylation sites (tertiary alicyclic amines) is 1. The molecule has 1 rings (SSSR count). The first-order valence-electron chi connectivity index (χ1n) is 4.79. The molecule has 1 aliphatic heterocycles. The summed E-state index contributed by atoms with van der Waals surface area (Å²) in [6.07, 6.45) is 1.37. The van der Waals surface area contributed by atoms with Crippen molar-refractivity contribution in [1.82, 2.24) is 10.2 Å². The van der Waals surface area contributed by atoms with Gasteiger partial charge in [-0.2, -0.15) is 0 Å². The van der Waals surface area contributed by atoms with Crippen molar-refractivity contribution in [2.75, 3.05) is 26.7 Å². The maximum atomic E-state index is 11.2. The van der Waals surface area contributed by atoms with Crippen molar-refractivity contribution in [2.24, 2.45) is 5.92 Å². The van der Waals surface area contributed by atoms with Gasteiger partial charge in [0.2, 0.25) is 11.8 Å². The number of aliphatic hydroxyl groups excluding tert-OH is 1. The Morgan fingerprint density at radius 1 is 1.43 bits per heavy atom. The van der Waals surface area contributed by atoms with Gasteiger partial charge in [-0.15, -0.1) is 0 Å². The normalized spacial score (nSPS) is 18.0. The Kier molecular flexibility index (Phi) is 3.88. The standard InChI is InChI=1S/C9H16N2O3/c1-10-9(14)7-2-4-11(5-3-7)8(13)6-12/h7,12H,2-6H2,1H3,(H,10,14). The lowest BCUT2D eigenvalue weighted by Gasteiger charge is -2.30. The number of piperidine rings is 1. The lowest BCUT2D eigenvalue weighted by molar-refractivity contribution is -0.137. The summed E-state index contributed by atoms with van der Waals surface area (Å²) in [5.41, 5.74) is 0. The predicted molar refractivity (Wildman–Crippen MR) is 50.5 cm³/mol. The molecule has 2 amide bonds. The third-order valence-electron chi connectivity index (χ3n) is 2.60. The molecule has 0 bridgehead atoms. The Hall–Kier alpha value is -1.10. The summed E-state index contributed by atoms with van der Waals surface area (Å²) in [6, 6.07) is 0. The molecular weight excluding hydrogens is 184 g/mol. The summed E-state index contributed by atoms with van der Waals surface area (Å²) in [5, 5.41) is 11.2. The average molecular weight is 200 g/mol. The van der Waals surface area contributed by atoms with Crippen LogP contribution in [0.4, 0.5) is 0 Å². The first-order chi connectivity index (χ1) is 6.69. The average Bonchev–Trinajstić information content (AvgIpc) is 2.27. The van der Waals surface area contributed by atoms with Crippen molar-refractivity contribution in [1.29, 1.82) is 0 Å². The Bertz CT molecular complexity index is 198. The lowest BCUT2D eigenvalue weighted by atomic mass is 9.96. The molecule has 0 spiro atoms. The van der Waals surface area contributed by atoms with Crippen LogP contribution in [0.15, 0.2) is 0 Å². The van der Waals surface area contributed by atoms with Gasteiger partial charge in [-0.1, -0.05) is 0 Å². The second-order valence-electron chi connectivity index (χ2n) is 3.43. The summed E-state index contributed by atoms with van der Waals surface area (Å²) < 4.78 is 0. The van der Waals surface area contributed by atoms with Crippen LogP contribution in [0.5, 0.6) is 0 Å². The Morgan fingerprint density at radius 2 is 2.00 bits per heavy atom. The second kappa shape index (κ2) is 4.95. The third-order valence-corrected chi connectivity index (χ3v) is 2.60. The Labute approximate surface area is 83.1 Å². The Morgan fingerprint density at radius 3 is 2.43 bits per heavy atom. The zero-order valence-corrected chi connectivity index (χ0v) is 8.32. The van der Waals surface area contributed by atoms with Gasteiger partial charge in [0, 0.05) is 26.1 Å². The van der Waals surface area contributed by atoms with Crippen molar-refractivity contribution in [2.45, 2.75) is 12.8 Å². The van der Waals surface area contributed by atoms with E-state index in [1.807, 2.05) is 0 Å². The van der Waals surface area contributed by atoms with Crippen LogP contribution in [-0.2, 0) is 9.59 Å². The highest BCUT2D eigenvalue weighted by atomic mass is 16.3. The van der Waals surface area contributed by atoms with E-state index in [9.17, 15) is 9.59 Å². The van der Waals surface area contributed by atoms with Gasteiger partial charge in [0.25, 0.3) is 0 Å². The third kappa shape index (κ3) is 2.45. The molecule has 14 heavy (non-hydrogen) atoms. The fourth-order valence-electron chi connectivity index (χ4n) is 1.70. The molecule has 1 fully saturated rings. The molecule has 5 heteroatoms. The molecule has 1 saturated heterocycles. The molecule has 0 atom stereocenters. The fraction of sp³-hybridized carbons (Fsp3) is 0.778. The number of carbonyl (C=O) groups is 2. The number of amides is 2. The van der Waals surface area contributed by atoms with Crippen LogP contribution in [0.3, 0.4) is 0 Å². The van der Waals surface area contributed by atoms with Crippen LogP contribution in [0, 0.1) is 5.92 Å². The summed E-state index contributed by atoms with van der Waals surface area (Å²) in [4.78, 5) is 23.9. The van der Waals surface area contributed by atoms with Gasteiger partial charge in [-0.25, -0.2) is 0 Å². The SMILES string of the molecule is CNC(=O)C1CCN(C(=O)CO)CC1. The van der Waals surface area contributed by atoms with Crippen LogP contribution < -0.4 is 5.32 Å². The Balaban J connectivity index is 2.38. The number of carbonyl (C=O) groups excluding carboxylic acids is 2. The summed E-state index contributed by atoms with van der Waals surface area (Å²) >= 11 is 0. The fourth-order valence-corrected chi connectivity index (χ4v) is 1.70. The molecule has 0 aromatic rings. The van der Waals surface area contributed by atoms with Crippen LogP contribution in [0.1, 0.15) is 12.8 Å². The van der Waals surface area contributed by atoms with Crippen LogP contribution in [0.2, 0.25) is 0 Å². The highest BCUT2D eigenvalue weighted by Crippen LogP contribution is 2.16. The molecule has 1 heterocycles. The largest absolute Gasteiger partial charge is 0.387 e. The van der Waals surface area contributed by atoms with E-state index in [0.29, 0.717) is 25.9 Å². The minimum Gasteiger partial charge on any atom is -0.387 e. The number of aliphatic hydroxyl groups is 1. The number of nitrogens with zero attached hydrogens (tertiary/aromatic N) is 1. The van der Waals surface area contributed by atoms with E-state index in [2.05, 4.69) is 5.32 Å². The van der Waals surface area contributed by atoms with Gasteiger partial charge in [-0.05, 0) is 12.8 Å². The van der Waals surface area contributed by atoms with Crippen molar-refractivity contribution >= 4 is 11.8 Å². The molecule has 0 aliphatic carbocycles. The minimum absolute atomic E-state index is 0.0164. The first-order valence-corrected chi connectivity index (χ1v) is 4.79. The zero-order chi connectivity index (χ0) is 10.6. The van der Waals surface area contributed by atoms with E-state index in [1.165, 1.54) is 0 Å². The van der Waals surface area contributed by atoms with Crippen molar-refractivity contribution < 1.29 is 14.7 Å². The van der Waals surface area contributed by atoms with E-state index in [-0.39, 0.29) is 17.7 Å². The molecule has 0 unspecified atom stereocenters. The molecule has 0 radical (unpaired) electrons. The van der Waals surface area contributed by atoms with Gasteiger partial charge in [-0.3, -0.25) is 9.59 Å². The minimum atomic E-state index is -0.440. The van der Waals surface area contributed by atoms with Crippen molar-refractivity contribution in [3.05, 3.63) is 0 Å². The molecule has 0 saturated carbocycles. The summed E-state index contributed by atoms with van der Waals surface area (Å²) in [6.45, 7) is 0.694. The molecular formula is C9H16N2O3. The van der Waals surface area contributed by atoms with Crippen LogP contribution in [0.25, 0.3) is 0 Å². The summed E-state index contributed by atoms with van der Waals surface area (Å²) in [7, 11) is 1.62. The number of hydrogen-bond donors (Lipinski definition) is 2. The van der Waals surface area contributed by atoms with Gasteiger partial charge >= 0.3 is 0 Å². The number of nitrogens with one attached hydrogen (secondary N) is 1.